The van der Waals surface area contributed by atoms with E-state index in [-0.39, 0.29) is 29.6 Å². The average Bonchev–Trinajstić information content (AvgIpc) is 2.78. The molecular formula is C23H26N6O4. The van der Waals surface area contributed by atoms with Crippen molar-refractivity contribution >= 4 is 40.7 Å². The highest BCUT2D eigenvalue weighted by molar-refractivity contribution is 6.04. The number of aromatic amines is 1. The van der Waals surface area contributed by atoms with Gasteiger partial charge in [-0.15, -0.1) is 0 Å². The molecule has 0 saturated carbocycles. The fraction of sp³-hybridized carbons (Fsp3) is 0.348. The third kappa shape index (κ3) is 4.64. The molecule has 1 saturated heterocycles. The van der Waals surface area contributed by atoms with Crippen LogP contribution in [0.25, 0.3) is 5.57 Å². The van der Waals surface area contributed by atoms with E-state index < -0.39 is 23.3 Å². The molecule has 2 aromatic rings. The topological polar surface area (TPSA) is 150 Å². The van der Waals surface area contributed by atoms with Gasteiger partial charge < -0.3 is 21.3 Å². The Bertz CT molecular complexity index is 1180. The van der Waals surface area contributed by atoms with Crippen molar-refractivity contribution in [3.8, 4) is 0 Å². The van der Waals surface area contributed by atoms with Gasteiger partial charge in [-0.05, 0) is 37.5 Å². The number of carbonyl (C=O) groups excluding carboxylic acids is 3. The monoisotopic (exact) mass is 450 g/mol. The summed E-state index contributed by atoms with van der Waals surface area (Å²) in [5.41, 5.74) is 7.43. The van der Waals surface area contributed by atoms with E-state index in [1.54, 1.807) is 12.1 Å². The number of primary amides is 1. The minimum Gasteiger partial charge on any atom is -0.369 e. The number of nitrogens with two attached hydrogens (primary N) is 1. The molecule has 3 heterocycles. The lowest BCUT2D eigenvalue weighted by molar-refractivity contribution is -0.123. The molecule has 1 atom stereocenters. The van der Waals surface area contributed by atoms with Crippen LogP contribution in [-0.2, 0) is 14.4 Å². The van der Waals surface area contributed by atoms with E-state index >= 15 is 0 Å². The van der Waals surface area contributed by atoms with E-state index in [9.17, 15) is 19.2 Å². The SMILES string of the molecule is C=C(C)c1ccc(NC(=O)[C@H]2CC(=O)Nc3nc(N4CCC(C(N)=O)CC4)[nH]c(=O)c32)cc1. The van der Waals surface area contributed by atoms with Crippen molar-refractivity contribution in [2.24, 2.45) is 11.7 Å². The van der Waals surface area contributed by atoms with Gasteiger partial charge in [0.2, 0.25) is 23.7 Å². The van der Waals surface area contributed by atoms with Gasteiger partial charge >= 0.3 is 0 Å². The molecule has 1 fully saturated rings. The van der Waals surface area contributed by atoms with Gasteiger partial charge in [0, 0.05) is 31.1 Å². The van der Waals surface area contributed by atoms with Crippen LogP contribution in [0, 0.1) is 5.92 Å². The average molecular weight is 450 g/mol. The van der Waals surface area contributed by atoms with E-state index in [0.717, 1.165) is 11.1 Å². The number of nitrogens with one attached hydrogen (secondary N) is 3. The molecule has 172 valence electrons. The first-order chi connectivity index (χ1) is 15.7. The maximum absolute atomic E-state index is 13.0. The van der Waals surface area contributed by atoms with Gasteiger partial charge in [-0.1, -0.05) is 24.3 Å². The van der Waals surface area contributed by atoms with Crippen LogP contribution in [0.4, 0.5) is 17.5 Å². The molecule has 0 spiro atoms. The lowest BCUT2D eigenvalue weighted by Crippen LogP contribution is -2.41. The molecule has 0 aliphatic carbocycles. The Hall–Kier alpha value is -3.95. The second-order valence-electron chi connectivity index (χ2n) is 8.47. The van der Waals surface area contributed by atoms with Crippen LogP contribution in [-0.4, -0.2) is 40.8 Å². The Morgan fingerprint density at radius 3 is 2.45 bits per heavy atom. The summed E-state index contributed by atoms with van der Waals surface area (Å²) in [6.07, 6.45) is 0.951. The zero-order chi connectivity index (χ0) is 23.7. The van der Waals surface area contributed by atoms with Crippen molar-refractivity contribution < 1.29 is 14.4 Å². The number of rotatable bonds is 5. The van der Waals surface area contributed by atoms with Crippen molar-refractivity contribution in [1.29, 1.82) is 0 Å². The summed E-state index contributed by atoms with van der Waals surface area (Å²) in [7, 11) is 0. The smallest absolute Gasteiger partial charge is 0.258 e. The predicted octanol–water partition coefficient (Wildman–Crippen LogP) is 1.57. The van der Waals surface area contributed by atoms with Gasteiger partial charge in [-0.25, -0.2) is 0 Å². The van der Waals surface area contributed by atoms with E-state index in [2.05, 4.69) is 27.2 Å². The molecule has 33 heavy (non-hydrogen) atoms. The molecule has 2 aliphatic heterocycles. The number of aromatic nitrogens is 2. The van der Waals surface area contributed by atoms with Crippen LogP contribution in [0.3, 0.4) is 0 Å². The van der Waals surface area contributed by atoms with Gasteiger partial charge in [-0.3, -0.25) is 24.2 Å². The van der Waals surface area contributed by atoms with Crippen LogP contribution in [0.5, 0.6) is 0 Å². The maximum atomic E-state index is 13.0. The molecular weight excluding hydrogens is 424 g/mol. The molecule has 5 N–H and O–H groups in total. The summed E-state index contributed by atoms with van der Waals surface area (Å²) in [4.78, 5) is 58.6. The highest BCUT2D eigenvalue weighted by Gasteiger charge is 2.35. The molecule has 4 rings (SSSR count). The van der Waals surface area contributed by atoms with E-state index in [4.69, 9.17) is 5.73 Å². The van der Waals surface area contributed by atoms with Crippen LogP contribution in [0.2, 0.25) is 0 Å². The van der Waals surface area contributed by atoms with Gasteiger partial charge in [0.1, 0.15) is 5.82 Å². The number of benzene rings is 1. The Morgan fingerprint density at radius 1 is 1.18 bits per heavy atom. The summed E-state index contributed by atoms with van der Waals surface area (Å²) in [6.45, 7) is 6.76. The van der Waals surface area contributed by atoms with Crippen molar-refractivity contribution in [2.75, 3.05) is 28.6 Å². The number of nitrogens with zero attached hydrogens (tertiary/aromatic N) is 2. The van der Waals surface area contributed by atoms with Crippen LogP contribution < -0.4 is 26.8 Å². The Labute approximate surface area is 190 Å². The molecule has 1 aromatic carbocycles. The van der Waals surface area contributed by atoms with Gasteiger partial charge in [-0.2, -0.15) is 4.98 Å². The van der Waals surface area contributed by atoms with Gasteiger partial charge in [0.05, 0.1) is 11.5 Å². The lowest BCUT2D eigenvalue weighted by atomic mass is 9.92. The van der Waals surface area contributed by atoms with E-state index in [1.165, 1.54) is 0 Å². The van der Waals surface area contributed by atoms with E-state index in [0.29, 0.717) is 37.6 Å². The Morgan fingerprint density at radius 2 is 1.85 bits per heavy atom. The highest BCUT2D eigenvalue weighted by Crippen LogP contribution is 2.31. The Kier molecular flexibility index (Phi) is 5.99. The number of hydrogen-bond donors (Lipinski definition) is 4. The summed E-state index contributed by atoms with van der Waals surface area (Å²) in [5, 5.41) is 5.39. The zero-order valence-corrected chi connectivity index (χ0v) is 18.3. The fourth-order valence-electron chi connectivity index (χ4n) is 4.18. The van der Waals surface area contributed by atoms with Crippen LogP contribution >= 0.6 is 0 Å². The number of piperidine rings is 1. The van der Waals surface area contributed by atoms with Crippen molar-refractivity contribution in [3.05, 3.63) is 52.3 Å². The maximum Gasteiger partial charge on any atom is 0.258 e. The summed E-state index contributed by atoms with van der Waals surface area (Å²) in [6, 6.07) is 7.16. The third-order valence-corrected chi connectivity index (χ3v) is 6.10. The second kappa shape index (κ2) is 8.89. The fourth-order valence-corrected chi connectivity index (χ4v) is 4.18. The first kappa shape index (κ1) is 22.3. The van der Waals surface area contributed by atoms with Crippen molar-refractivity contribution in [1.82, 2.24) is 9.97 Å². The largest absolute Gasteiger partial charge is 0.369 e. The van der Waals surface area contributed by atoms with Gasteiger partial charge in [0.15, 0.2) is 0 Å². The number of allylic oxidation sites excluding steroid dienone is 1. The zero-order valence-electron chi connectivity index (χ0n) is 18.3. The minimum atomic E-state index is -0.972. The number of anilines is 3. The van der Waals surface area contributed by atoms with Crippen LogP contribution in [0.1, 0.15) is 43.2 Å². The number of carbonyl (C=O) groups is 3. The number of amides is 3. The first-order valence-corrected chi connectivity index (χ1v) is 10.8. The third-order valence-electron chi connectivity index (χ3n) is 6.10. The molecule has 10 nitrogen and oxygen atoms in total. The highest BCUT2D eigenvalue weighted by atomic mass is 16.2. The quantitative estimate of drug-likeness (QED) is 0.543. The molecule has 2 aliphatic rings. The first-order valence-electron chi connectivity index (χ1n) is 10.8. The number of fused-ring (bicyclic) bond motifs is 1. The molecule has 10 heteroatoms. The minimum absolute atomic E-state index is 0.0832. The lowest BCUT2D eigenvalue weighted by Gasteiger charge is -2.32. The van der Waals surface area contributed by atoms with Crippen molar-refractivity contribution in [2.45, 2.75) is 32.1 Å². The number of H-pyrrole nitrogens is 1. The number of hydrogen-bond acceptors (Lipinski definition) is 6. The summed E-state index contributed by atoms with van der Waals surface area (Å²) < 4.78 is 0. The summed E-state index contributed by atoms with van der Waals surface area (Å²) in [5.74, 6) is -1.99. The predicted molar refractivity (Wildman–Crippen MR) is 125 cm³/mol. The second-order valence-corrected chi connectivity index (χ2v) is 8.47. The molecule has 0 unspecified atom stereocenters. The van der Waals surface area contributed by atoms with E-state index in [1.807, 2.05) is 24.0 Å². The van der Waals surface area contributed by atoms with Gasteiger partial charge in [0.25, 0.3) is 5.56 Å². The Balaban J connectivity index is 1.56. The summed E-state index contributed by atoms with van der Waals surface area (Å²) >= 11 is 0. The molecule has 0 bridgehead atoms. The standard InChI is InChI=1S/C23H26N6O4/c1-12(2)13-3-5-15(6-4-13)25-21(32)16-11-17(30)26-20-18(16)22(33)28-23(27-20)29-9-7-14(8-10-29)19(24)31/h3-6,14,16H,1,7-11H2,2H3,(H2,24,31)(H,25,32)(H2,26,27,28,30,33)/t16-/m0/s1. The molecule has 0 radical (unpaired) electrons. The van der Waals surface area contributed by atoms with Crippen molar-refractivity contribution in [3.63, 3.8) is 0 Å². The molecule has 1 aromatic heterocycles. The van der Waals surface area contributed by atoms with Crippen LogP contribution in [0.15, 0.2) is 35.6 Å². The molecule has 3 amide bonds. The normalized spacial score (nSPS) is 18.3.